The van der Waals surface area contributed by atoms with Crippen molar-refractivity contribution in [1.29, 1.82) is 0 Å². The van der Waals surface area contributed by atoms with Crippen LogP contribution in [0, 0.1) is 0 Å². The first-order valence-corrected chi connectivity index (χ1v) is 6.26. The lowest BCUT2D eigenvalue weighted by Gasteiger charge is -2.20. The molecule has 0 saturated heterocycles. The second kappa shape index (κ2) is 5.67. The van der Waals surface area contributed by atoms with E-state index in [1.165, 1.54) is 0 Å². The number of para-hydroxylation sites is 2. The van der Waals surface area contributed by atoms with Gasteiger partial charge in [-0.25, -0.2) is 0 Å². The van der Waals surface area contributed by atoms with E-state index < -0.39 is 0 Å². The summed E-state index contributed by atoms with van der Waals surface area (Å²) >= 11 is 0. The summed E-state index contributed by atoms with van der Waals surface area (Å²) < 4.78 is 5.52. The Morgan fingerprint density at radius 2 is 2.17 bits per heavy atom. The highest BCUT2D eigenvalue weighted by molar-refractivity contribution is 6.00. The van der Waals surface area contributed by atoms with Crippen LogP contribution in [0.1, 0.15) is 26.2 Å². The molecule has 0 aromatic heterocycles. The Morgan fingerprint density at radius 3 is 2.94 bits per heavy atom. The lowest BCUT2D eigenvalue weighted by Crippen LogP contribution is -2.35. The van der Waals surface area contributed by atoms with Gasteiger partial charge in [0.2, 0.25) is 5.91 Å². The van der Waals surface area contributed by atoms with Crippen LogP contribution >= 0.6 is 0 Å². The molecule has 0 fully saturated rings. The SMILES string of the molecule is CCCC(=O)CN1C(=O)CCOc2ccccc21. The van der Waals surface area contributed by atoms with Crippen LogP contribution in [0.15, 0.2) is 24.3 Å². The molecule has 0 aliphatic carbocycles. The fourth-order valence-electron chi connectivity index (χ4n) is 2.03. The number of ether oxygens (including phenoxy) is 1. The van der Waals surface area contributed by atoms with Crippen molar-refractivity contribution < 1.29 is 14.3 Å². The fraction of sp³-hybridized carbons (Fsp3) is 0.429. The van der Waals surface area contributed by atoms with Gasteiger partial charge in [0.15, 0.2) is 5.78 Å². The molecule has 1 aliphatic heterocycles. The van der Waals surface area contributed by atoms with Crippen molar-refractivity contribution in [1.82, 2.24) is 0 Å². The molecule has 0 N–H and O–H groups in total. The molecule has 1 aromatic rings. The molecule has 4 heteroatoms. The first kappa shape index (κ1) is 12.6. The van der Waals surface area contributed by atoms with Crippen LogP contribution in [0.25, 0.3) is 0 Å². The zero-order chi connectivity index (χ0) is 13.0. The number of hydrogen-bond donors (Lipinski definition) is 0. The number of carbonyl (C=O) groups excluding carboxylic acids is 2. The van der Waals surface area contributed by atoms with Crippen molar-refractivity contribution in [2.75, 3.05) is 18.1 Å². The second-order valence-electron chi connectivity index (χ2n) is 4.33. The summed E-state index contributed by atoms with van der Waals surface area (Å²) in [5, 5.41) is 0. The molecule has 0 saturated carbocycles. The molecule has 1 heterocycles. The minimum Gasteiger partial charge on any atom is -0.491 e. The molecule has 1 amide bonds. The molecular weight excluding hydrogens is 230 g/mol. The van der Waals surface area contributed by atoms with Crippen LogP contribution in [0.2, 0.25) is 0 Å². The van der Waals surface area contributed by atoms with E-state index in [2.05, 4.69) is 0 Å². The molecule has 0 bridgehead atoms. The zero-order valence-corrected chi connectivity index (χ0v) is 10.5. The Balaban J connectivity index is 2.25. The highest BCUT2D eigenvalue weighted by atomic mass is 16.5. The van der Waals surface area contributed by atoms with Crippen LogP contribution < -0.4 is 9.64 Å². The largest absolute Gasteiger partial charge is 0.491 e. The number of carbonyl (C=O) groups is 2. The standard InChI is InChI=1S/C14H17NO3/c1-2-5-11(16)10-15-12-6-3-4-7-13(12)18-9-8-14(15)17/h3-4,6-7H,2,5,8-10H2,1H3. The Bertz CT molecular complexity index is 456. The van der Waals surface area contributed by atoms with Crippen molar-refractivity contribution >= 4 is 17.4 Å². The number of ketones is 1. The third kappa shape index (κ3) is 2.70. The lowest BCUT2D eigenvalue weighted by molar-refractivity contribution is -0.122. The molecule has 0 atom stereocenters. The Hall–Kier alpha value is -1.84. The van der Waals surface area contributed by atoms with Gasteiger partial charge in [0, 0.05) is 6.42 Å². The quantitative estimate of drug-likeness (QED) is 0.819. The van der Waals surface area contributed by atoms with E-state index in [1.54, 1.807) is 4.90 Å². The first-order chi connectivity index (χ1) is 8.72. The van der Waals surface area contributed by atoms with E-state index >= 15 is 0 Å². The average Bonchev–Trinajstić information content (AvgIpc) is 2.51. The molecule has 1 aromatic carbocycles. The Morgan fingerprint density at radius 1 is 1.39 bits per heavy atom. The summed E-state index contributed by atoms with van der Waals surface area (Å²) in [5.41, 5.74) is 0.699. The number of hydrogen-bond acceptors (Lipinski definition) is 3. The van der Waals surface area contributed by atoms with E-state index in [0.717, 1.165) is 6.42 Å². The van der Waals surface area contributed by atoms with Crippen molar-refractivity contribution in [2.24, 2.45) is 0 Å². The van der Waals surface area contributed by atoms with E-state index in [4.69, 9.17) is 4.74 Å². The van der Waals surface area contributed by atoms with Crippen molar-refractivity contribution in [3.8, 4) is 5.75 Å². The normalized spacial score (nSPS) is 14.7. The molecular formula is C14H17NO3. The number of anilines is 1. The molecule has 4 nitrogen and oxygen atoms in total. The van der Waals surface area contributed by atoms with Gasteiger partial charge in [-0.15, -0.1) is 0 Å². The third-order valence-corrected chi connectivity index (χ3v) is 2.89. The van der Waals surface area contributed by atoms with Crippen LogP contribution in [0.4, 0.5) is 5.69 Å². The van der Waals surface area contributed by atoms with Gasteiger partial charge in [-0.05, 0) is 18.6 Å². The summed E-state index contributed by atoms with van der Waals surface area (Å²) in [6, 6.07) is 7.35. The summed E-state index contributed by atoms with van der Waals surface area (Å²) in [6.45, 7) is 2.47. The molecule has 2 rings (SSSR count). The van der Waals surface area contributed by atoms with Gasteiger partial charge in [-0.3, -0.25) is 9.59 Å². The predicted molar refractivity (Wildman–Crippen MR) is 68.8 cm³/mol. The highest BCUT2D eigenvalue weighted by Gasteiger charge is 2.24. The van der Waals surface area contributed by atoms with Gasteiger partial charge in [0.25, 0.3) is 0 Å². The van der Waals surface area contributed by atoms with Gasteiger partial charge >= 0.3 is 0 Å². The van der Waals surface area contributed by atoms with E-state index in [0.29, 0.717) is 30.9 Å². The van der Waals surface area contributed by atoms with Gasteiger partial charge in [-0.2, -0.15) is 0 Å². The molecule has 1 aliphatic rings. The van der Waals surface area contributed by atoms with Gasteiger partial charge < -0.3 is 9.64 Å². The van der Waals surface area contributed by atoms with Crippen LogP contribution in [0.3, 0.4) is 0 Å². The molecule has 96 valence electrons. The average molecular weight is 247 g/mol. The fourth-order valence-corrected chi connectivity index (χ4v) is 2.03. The molecule has 0 radical (unpaired) electrons. The number of amides is 1. The predicted octanol–water partition coefficient (Wildman–Crippen LogP) is 2.17. The smallest absolute Gasteiger partial charge is 0.230 e. The van der Waals surface area contributed by atoms with E-state index in [9.17, 15) is 9.59 Å². The van der Waals surface area contributed by atoms with Crippen molar-refractivity contribution in [3.05, 3.63) is 24.3 Å². The number of nitrogens with zero attached hydrogens (tertiary/aromatic N) is 1. The topological polar surface area (TPSA) is 46.6 Å². The maximum absolute atomic E-state index is 12.0. The maximum atomic E-state index is 12.0. The highest BCUT2D eigenvalue weighted by Crippen LogP contribution is 2.30. The number of Topliss-reactive ketones (excluding diaryl/α,β-unsaturated/α-hetero) is 1. The van der Waals surface area contributed by atoms with E-state index in [1.807, 2.05) is 31.2 Å². The van der Waals surface area contributed by atoms with Crippen molar-refractivity contribution in [2.45, 2.75) is 26.2 Å². The van der Waals surface area contributed by atoms with Crippen molar-refractivity contribution in [3.63, 3.8) is 0 Å². The van der Waals surface area contributed by atoms with Crippen LogP contribution in [0.5, 0.6) is 5.75 Å². The van der Waals surface area contributed by atoms with Crippen LogP contribution in [-0.2, 0) is 9.59 Å². The monoisotopic (exact) mass is 247 g/mol. The minimum absolute atomic E-state index is 0.0515. The summed E-state index contributed by atoms with van der Waals surface area (Å²) in [6.07, 6.45) is 1.62. The molecule has 18 heavy (non-hydrogen) atoms. The zero-order valence-electron chi connectivity index (χ0n) is 10.5. The second-order valence-corrected chi connectivity index (χ2v) is 4.33. The minimum atomic E-state index is -0.0515. The summed E-state index contributed by atoms with van der Waals surface area (Å²) in [5.74, 6) is 0.708. The lowest BCUT2D eigenvalue weighted by atomic mass is 10.2. The Kier molecular flexibility index (Phi) is 3.97. The van der Waals surface area contributed by atoms with Gasteiger partial charge in [-0.1, -0.05) is 19.1 Å². The molecule has 0 unspecified atom stereocenters. The summed E-state index contributed by atoms with van der Waals surface area (Å²) in [7, 11) is 0. The van der Waals surface area contributed by atoms with Gasteiger partial charge in [0.05, 0.1) is 25.3 Å². The molecule has 0 spiro atoms. The number of fused-ring (bicyclic) bond motifs is 1. The summed E-state index contributed by atoms with van der Waals surface area (Å²) in [4.78, 5) is 25.3. The van der Waals surface area contributed by atoms with Gasteiger partial charge in [0.1, 0.15) is 5.75 Å². The first-order valence-electron chi connectivity index (χ1n) is 6.26. The third-order valence-electron chi connectivity index (χ3n) is 2.89. The maximum Gasteiger partial charge on any atom is 0.230 e. The van der Waals surface area contributed by atoms with Crippen LogP contribution in [-0.4, -0.2) is 24.8 Å². The Labute approximate surface area is 107 Å². The number of rotatable bonds is 4. The number of benzene rings is 1. The van der Waals surface area contributed by atoms with E-state index in [-0.39, 0.29) is 18.2 Å².